The highest BCUT2D eigenvalue weighted by Gasteiger charge is 2.38. The minimum absolute atomic E-state index is 0.116. The number of hydrogen-bond donors (Lipinski definition) is 2. The third-order valence-corrected chi connectivity index (χ3v) is 5.44. The zero-order chi connectivity index (χ0) is 17.2. The van der Waals surface area contributed by atoms with Gasteiger partial charge in [-0.25, -0.2) is 0 Å². The van der Waals surface area contributed by atoms with Crippen LogP contribution >= 0.6 is 15.9 Å². The number of amides is 1. The number of aromatic nitrogens is 4. The Morgan fingerprint density at radius 1 is 1.42 bits per heavy atom. The molecule has 128 valence electrons. The predicted octanol–water partition coefficient (Wildman–Crippen LogP) is 1.71. The van der Waals surface area contributed by atoms with Gasteiger partial charge in [0, 0.05) is 36.8 Å². The topological polar surface area (TPSA) is 95.0 Å². The van der Waals surface area contributed by atoms with E-state index in [9.17, 15) is 9.90 Å². The van der Waals surface area contributed by atoms with Crippen LogP contribution < -0.4 is 0 Å². The number of likely N-dealkylation sites (tertiary alicyclic amines) is 1. The normalized spacial score (nSPS) is 17.0. The molecule has 8 heteroatoms. The Balaban J connectivity index is 1.53. The molecule has 1 amide bonds. The molecule has 7 nitrogen and oxygen atoms in total. The minimum atomic E-state index is -1.09. The van der Waals surface area contributed by atoms with E-state index in [2.05, 4.69) is 42.6 Å². The summed E-state index contributed by atoms with van der Waals surface area (Å²) in [7, 11) is 0. The van der Waals surface area contributed by atoms with Gasteiger partial charge in [-0.3, -0.25) is 4.79 Å². The van der Waals surface area contributed by atoms with Gasteiger partial charge in [-0.15, -0.1) is 10.2 Å². The highest BCUT2D eigenvalue weighted by molar-refractivity contribution is 9.10. The van der Waals surface area contributed by atoms with Crippen LogP contribution in [0.4, 0.5) is 0 Å². The van der Waals surface area contributed by atoms with Crippen molar-refractivity contribution >= 4 is 21.8 Å². The summed E-state index contributed by atoms with van der Waals surface area (Å²) >= 11 is 3.48. The van der Waals surface area contributed by atoms with E-state index in [0.717, 1.165) is 16.5 Å². The van der Waals surface area contributed by atoms with Crippen molar-refractivity contribution in [3.8, 4) is 0 Å². The van der Waals surface area contributed by atoms with E-state index in [4.69, 9.17) is 0 Å². The van der Waals surface area contributed by atoms with Crippen molar-refractivity contribution in [2.75, 3.05) is 13.1 Å². The summed E-state index contributed by atoms with van der Waals surface area (Å²) in [5, 5.41) is 24.2. The van der Waals surface area contributed by atoms with Crippen molar-refractivity contribution in [2.24, 2.45) is 0 Å². The van der Waals surface area contributed by atoms with Gasteiger partial charge in [0.05, 0.1) is 0 Å². The van der Waals surface area contributed by atoms with Crippen molar-refractivity contribution in [1.29, 1.82) is 0 Å². The van der Waals surface area contributed by atoms with Crippen molar-refractivity contribution in [3.63, 3.8) is 0 Å². The fourth-order valence-corrected chi connectivity index (χ4v) is 3.23. The van der Waals surface area contributed by atoms with Crippen LogP contribution in [0.2, 0.25) is 0 Å². The zero-order valence-corrected chi connectivity index (χ0v) is 15.1. The van der Waals surface area contributed by atoms with Crippen molar-refractivity contribution in [1.82, 2.24) is 25.5 Å². The van der Waals surface area contributed by atoms with Crippen LogP contribution in [0.1, 0.15) is 36.2 Å². The first-order valence-corrected chi connectivity index (χ1v) is 8.76. The Morgan fingerprint density at radius 3 is 2.79 bits per heavy atom. The van der Waals surface area contributed by atoms with Gasteiger partial charge in [0.1, 0.15) is 5.60 Å². The first-order chi connectivity index (χ1) is 11.5. The predicted molar refractivity (Wildman–Crippen MR) is 91.1 cm³/mol. The molecule has 3 rings (SSSR count). The molecule has 1 fully saturated rings. The molecule has 0 spiro atoms. The van der Waals surface area contributed by atoms with E-state index < -0.39 is 5.60 Å². The standard InChI is InChI=1S/C16H20BrN5O2/c1-11-10-12(2-4-13(11)17)3-5-14(23)22-8-6-16(24,7-9-22)15-18-20-21-19-15/h2,4,10,24H,3,5-9H2,1H3,(H,18,19,20,21). The summed E-state index contributed by atoms with van der Waals surface area (Å²) < 4.78 is 1.08. The minimum Gasteiger partial charge on any atom is -0.382 e. The number of nitrogens with one attached hydrogen (secondary N) is 1. The molecule has 24 heavy (non-hydrogen) atoms. The third-order valence-electron chi connectivity index (χ3n) is 4.55. The number of aromatic amines is 1. The first kappa shape index (κ1) is 17.0. The summed E-state index contributed by atoms with van der Waals surface area (Å²) in [5.41, 5.74) is 1.24. The molecule has 1 saturated heterocycles. The van der Waals surface area contributed by atoms with Crippen LogP contribution in [0.5, 0.6) is 0 Å². The van der Waals surface area contributed by atoms with Crippen molar-refractivity contribution in [3.05, 3.63) is 39.6 Å². The maximum atomic E-state index is 12.4. The number of carbonyl (C=O) groups is 1. The van der Waals surface area contributed by atoms with E-state index in [0.29, 0.717) is 38.2 Å². The Morgan fingerprint density at radius 2 is 2.17 bits per heavy atom. The van der Waals surface area contributed by atoms with Gasteiger partial charge in [0.25, 0.3) is 0 Å². The van der Waals surface area contributed by atoms with E-state index in [-0.39, 0.29) is 5.91 Å². The molecule has 0 aliphatic carbocycles. The summed E-state index contributed by atoms with van der Waals surface area (Å²) in [6.07, 6.45) is 2.05. The number of aryl methyl sites for hydroxylation is 2. The van der Waals surface area contributed by atoms with Crippen molar-refractivity contribution in [2.45, 2.75) is 38.2 Å². The second-order valence-electron chi connectivity index (χ2n) is 6.23. The van der Waals surface area contributed by atoms with Crippen LogP contribution in [0.3, 0.4) is 0 Å². The van der Waals surface area contributed by atoms with Gasteiger partial charge < -0.3 is 10.0 Å². The number of halogens is 1. The van der Waals surface area contributed by atoms with Crippen molar-refractivity contribution < 1.29 is 9.90 Å². The second kappa shape index (κ2) is 6.98. The van der Waals surface area contributed by atoms with E-state index >= 15 is 0 Å². The Hall–Kier alpha value is -1.80. The molecule has 1 aliphatic rings. The molecule has 0 radical (unpaired) electrons. The summed E-state index contributed by atoms with van der Waals surface area (Å²) in [4.78, 5) is 14.2. The van der Waals surface area contributed by atoms with E-state index in [1.165, 1.54) is 5.56 Å². The summed E-state index contributed by atoms with van der Waals surface area (Å²) in [6.45, 7) is 3.05. The molecule has 2 heterocycles. The number of hydrogen-bond acceptors (Lipinski definition) is 5. The number of piperidine rings is 1. The van der Waals surface area contributed by atoms with Crippen LogP contribution in [0.25, 0.3) is 0 Å². The van der Waals surface area contributed by atoms with Gasteiger partial charge in [-0.1, -0.05) is 33.3 Å². The molecule has 2 aromatic rings. The smallest absolute Gasteiger partial charge is 0.222 e. The Kier molecular flexibility index (Phi) is 4.96. The highest BCUT2D eigenvalue weighted by atomic mass is 79.9. The van der Waals surface area contributed by atoms with Crippen LogP contribution in [0.15, 0.2) is 22.7 Å². The SMILES string of the molecule is Cc1cc(CCC(=O)N2CCC(O)(c3nn[nH]n3)CC2)ccc1Br. The maximum absolute atomic E-state index is 12.4. The molecule has 0 atom stereocenters. The Labute approximate surface area is 148 Å². The molecule has 1 aromatic carbocycles. The number of nitrogens with zero attached hydrogens (tertiary/aromatic N) is 4. The summed E-state index contributed by atoms with van der Waals surface area (Å²) in [6, 6.07) is 6.15. The third kappa shape index (κ3) is 3.64. The van der Waals surface area contributed by atoms with Gasteiger partial charge in [-0.2, -0.15) is 5.21 Å². The first-order valence-electron chi connectivity index (χ1n) is 7.97. The van der Waals surface area contributed by atoms with E-state index in [1.807, 2.05) is 19.1 Å². The van der Waals surface area contributed by atoms with Gasteiger partial charge >= 0.3 is 0 Å². The number of H-pyrrole nitrogens is 1. The molecular weight excluding hydrogens is 374 g/mol. The van der Waals surface area contributed by atoms with Crippen LogP contribution in [0, 0.1) is 6.92 Å². The number of carbonyl (C=O) groups excluding carboxylic acids is 1. The monoisotopic (exact) mass is 393 g/mol. The van der Waals surface area contributed by atoms with Gasteiger partial charge in [0.2, 0.25) is 11.7 Å². The Bertz CT molecular complexity index is 711. The number of tetrazole rings is 1. The molecular formula is C16H20BrN5O2. The van der Waals surface area contributed by atoms with E-state index in [1.54, 1.807) is 4.90 Å². The lowest BCUT2D eigenvalue weighted by Crippen LogP contribution is -2.45. The summed E-state index contributed by atoms with van der Waals surface area (Å²) in [5.74, 6) is 0.422. The average Bonchev–Trinajstić information content (AvgIpc) is 3.12. The number of rotatable bonds is 4. The van der Waals surface area contributed by atoms with Gasteiger partial charge in [-0.05, 0) is 30.5 Å². The second-order valence-corrected chi connectivity index (χ2v) is 7.09. The van der Waals surface area contributed by atoms with Crippen LogP contribution in [-0.4, -0.2) is 49.6 Å². The molecule has 1 aliphatic heterocycles. The molecule has 1 aromatic heterocycles. The highest BCUT2D eigenvalue weighted by Crippen LogP contribution is 2.30. The fourth-order valence-electron chi connectivity index (χ4n) is 2.98. The molecule has 0 saturated carbocycles. The largest absolute Gasteiger partial charge is 0.382 e. The number of benzene rings is 1. The fraction of sp³-hybridized carbons (Fsp3) is 0.500. The maximum Gasteiger partial charge on any atom is 0.222 e. The molecule has 2 N–H and O–H groups in total. The van der Waals surface area contributed by atoms with Gasteiger partial charge in [0.15, 0.2) is 0 Å². The lowest BCUT2D eigenvalue weighted by molar-refractivity contribution is -0.136. The quantitative estimate of drug-likeness (QED) is 0.824. The molecule has 0 bridgehead atoms. The lowest BCUT2D eigenvalue weighted by atomic mass is 9.90. The lowest BCUT2D eigenvalue weighted by Gasteiger charge is -2.36. The number of aliphatic hydroxyl groups is 1. The zero-order valence-electron chi connectivity index (χ0n) is 13.5. The average molecular weight is 394 g/mol. The van der Waals surface area contributed by atoms with Crippen LogP contribution in [-0.2, 0) is 16.8 Å². The molecule has 0 unspecified atom stereocenters.